The lowest BCUT2D eigenvalue weighted by molar-refractivity contribution is 0.190. The van der Waals surface area contributed by atoms with E-state index in [1.54, 1.807) is 30.8 Å². The molecule has 5 nitrogen and oxygen atoms in total. The van der Waals surface area contributed by atoms with Gasteiger partial charge in [-0.15, -0.1) is 5.10 Å². The normalized spacial score (nSPS) is 17.2. The summed E-state index contributed by atoms with van der Waals surface area (Å²) in [4.78, 5) is 6.24. The molecule has 7 heteroatoms. The van der Waals surface area contributed by atoms with Crippen LogP contribution in [0.4, 0.5) is 10.1 Å². The van der Waals surface area contributed by atoms with Crippen molar-refractivity contribution >= 4 is 32.7 Å². The number of halogens is 2. The van der Waals surface area contributed by atoms with Gasteiger partial charge in [-0.2, -0.15) is 0 Å². The SMILES string of the molecule is CC1=COC(C)N1c1ccc(F)c(-n2cc3cc(Br)cnc3n2)c1. The van der Waals surface area contributed by atoms with Crippen LogP contribution >= 0.6 is 15.9 Å². The summed E-state index contributed by atoms with van der Waals surface area (Å²) in [5, 5.41) is 5.21. The number of hydrogen-bond acceptors (Lipinski definition) is 4. The van der Waals surface area contributed by atoms with Crippen molar-refractivity contribution in [3.8, 4) is 5.69 Å². The van der Waals surface area contributed by atoms with E-state index < -0.39 is 0 Å². The Balaban J connectivity index is 1.82. The van der Waals surface area contributed by atoms with Crippen LogP contribution in [0.1, 0.15) is 13.8 Å². The second kappa shape index (κ2) is 5.59. The predicted molar refractivity (Wildman–Crippen MR) is 93.3 cm³/mol. The van der Waals surface area contributed by atoms with Gasteiger partial charge in [0.15, 0.2) is 11.9 Å². The lowest BCUT2D eigenvalue weighted by Crippen LogP contribution is -2.27. The minimum atomic E-state index is -0.347. The van der Waals surface area contributed by atoms with Crippen molar-refractivity contribution in [3.05, 3.63) is 58.9 Å². The van der Waals surface area contributed by atoms with E-state index >= 15 is 0 Å². The van der Waals surface area contributed by atoms with E-state index in [4.69, 9.17) is 4.74 Å². The van der Waals surface area contributed by atoms with E-state index in [1.807, 2.05) is 24.8 Å². The fraction of sp³-hybridized carbons (Fsp3) is 0.176. The van der Waals surface area contributed by atoms with E-state index in [1.165, 1.54) is 10.7 Å². The summed E-state index contributed by atoms with van der Waals surface area (Å²) in [6.45, 7) is 3.90. The molecule has 1 aliphatic heterocycles. The zero-order valence-corrected chi connectivity index (χ0v) is 14.7. The maximum atomic E-state index is 14.4. The number of fused-ring (bicyclic) bond motifs is 1. The van der Waals surface area contributed by atoms with Crippen molar-refractivity contribution in [3.63, 3.8) is 0 Å². The number of rotatable bonds is 2. The average Bonchev–Trinajstić information content (AvgIpc) is 3.11. The summed E-state index contributed by atoms with van der Waals surface area (Å²) >= 11 is 3.38. The van der Waals surface area contributed by atoms with Crippen molar-refractivity contribution in [2.24, 2.45) is 0 Å². The molecule has 3 aromatic rings. The van der Waals surface area contributed by atoms with Gasteiger partial charge >= 0.3 is 0 Å². The van der Waals surface area contributed by atoms with Crippen LogP contribution in [0.3, 0.4) is 0 Å². The van der Waals surface area contributed by atoms with Crippen LogP contribution in [-0.4, -0.2) is 21.0 Å². The molecule has 2 aromatic heterocycles. The molecule has 0 saturated carbocycles. The predicted octanol–water partition coefficient (Wildman–Crippen LogP) is 4.37. The Labute approximate surface area is 146 Å². The molecule has 3 heterocycles. The third kappa shape index (κ3) is 2.45. The molecular formula is C17H14BrFN4O. The van der Waals surface area contributed by atoms with E-state index in [0.717, 1.165) is 21.2 Å². The maximum absolute atomic E-state index is 14.4. The van der Waals surface area contributed by atoms with Crippen molar-refractivity contribution in [1.82, 2.24) is 14.8 Å². The number of ether oxygens (including phenoxy) is 1. The summed E-state index contributed by atoms with van der Waals surface area (Å²) < 4.78 is 22.3. The molecule has 1 aromatic carbocycles. The molecule has 4 rings (SSSR count). The Hall–Kier alpha value is -2.41. The quantitative estimate of drug-likeness (QED) is 0.653. The number of hydrogen-bond donors (Lipinski definition) is 0. The number of aromatic nitrogens is 3. The average molecular weight is 389 g/mol. The number of anilines is 1. The highest BCUT2D eigenvalue weighted by Crippen LogP contribution is 2.30. The number of pyridine rings is 1. The highest BCUT2D eigenvalue weighted by atomic mass is 79.9. The minimum absolute atomic E-state index is 0.127. The van der Waals surface area contributed by atoms with Gasteiger partial charge in [-0.1, -0.05) is 0 Å². The van der Waals surface area contributed by atoms with Gasteiger partial charge in [-0.3, -0.25) is 0 Å². The molecule has 1 atom stereocenters. The van der Waals surface area contributed by atoms with E-state index in [2.05, 4.69) is 26.0 Å². The molecule has 0 aliphatic carbocycles. The van der Waals surface area contributed by atoms with Gasteiger partial charge in [0.05, 0.1) is 5.70 Å². The van der Waals surface area contributed by atoms with Crippen molar-refractivity contribution in [2.45, 2.75) is 20.1 Å². The molecule has 0 bridgehead atoms. The Morgan fingerprint density at radius 3 is 2.88 bits per heavy atom. The van der Waals surface area contributed by atoms with Gasteiger partial charge in [0.2, 0.25) is 0 Å². The molecule has 0 saturated heterocycles. The minimum Gasteiger partial charge on any atom is -0.476 e. The lowest BCUT2D eigenvalue weighted by atomic mass is 10.2. The molecular weight excluding hydrogens is 375 g/mol. The van der Waals surface area contributed by atoms with Crippen LogP contribution in [0.25, 0.3) is 16.7 Å². The van der Waals surface area contributed by atoms with Gasteiger partial charge in [0, 0.05) is 27.9 Å². The molecule has 0 amide bonds. The lowest BCUT2D eigenvalue weighted by Gasteiger charge is -2.24. The van der Waals surface area contributed by atoms with Crippen LogP contribution < -0.4 is 4.90 Å². The van der Waals surface area contributed by atoms with Crippen LogP contribution in [0, 0.1) is 5.82 Å². The first-order chi connectivity index (χ1) is 11.5. The van der Waals surface area contributed by atoms with E-state index in [-0.39, 0.29) is 12.0 Å². The molecule has 1 unspecified atom stereocenters. The fourth-order valence-electron chi connectivity index (χ4n) is 2.85. The Bertz CT molecular complexity index is 968. The zero-order chi connectivity index (χ0) is 16.8. The number of nitrogens with zero attached hydrogens (tertiary/aromatic N) is 4. The highest BCUT2D eigenvalue weighted by molar-refractivity contribution is 9.10. The first-order valence-electron chi connectivity index (χ1n) is 7.45. The van der Waals surface area contributed by atoms with Crippen molar-refractivity contribution in [2.75, 3.05) is 4.90 Å². The monoisotopic (exact) mass is 388 g/mol. The summed E-state index contributed by atoms with van der Waals surface area (Å²) in [5.74, 6) is -0.347. The third-order valence-electron chi connectivity index (χ3n) is 3.96. The van der Waals surface area contributed by atoms with Crippen LogP contribution in [0.5, 0.6) is 0 Å². The topological polar surface area (TPSA) is 43.2 Å². The number of allylic oxidation sites excluding steroid dienone is 1. The molecule has 0 spiro atoms. The van der Waals surface area contributed by atoms with Crippen LogP contribution in [0.15, 0.2) is 53.1 Å². The van der Waals surface area contributed by atoms with Gasteiger partial charge in [-0.05, 0) is 54.0 Å². The summed E-state index contributed by atoms with van der Waals surface area (Å²) in [6.07, 6.45) is 5.01. The summed E-state index contributed by atoms with van der Waals surface area (Å²) in [6, 6.07) is 6.84. The van der Waals surface area contributed by atoms with Crippen molar-refractivity contribution < 1.29 is 9.13 Å². The molecule has 24 heavy (non-hydrogen) atoms. The van der Waals surface area contributed by atoms with E-state index in [0.29, 0.717) is 11.3 Å². The fourth-order valence-corrected chi connectivity index (χ4v) is 3.20. The zero-order valence-electron chi connectivity index (χ0n) is 13.1. The standard InChI is InChI=1S/C17H14BrFN4O/c1-10-9-24-11(2)23(10)14-3-4-15(19)16(6-14)22-8-12-5-13(18)7-20-17(12)21-22/h3-9,11H,1-2H3. The first kappa shape index (κ1) is 15.1. The third-order valence-corrected chi connectivity index (χ3v) is 4.39. The van der Waals surface area contributed by atoms with Crippen molar-refractivity contribution in [1.29, 1.82) is 0 Å². The van der Waals surface area contributed by atoms with Gasteiger partial charge in [0.1, 0.15) is 17.8 Å². The second-order valence-corrected chi connectivity index (χ2v) is 6.56. The first-order valence-corrected chi connectivity index (χ1v) is 8.24. The highest BCUT2D eigenvalue weighted by Gasteiger charge is 2.23. The molecule has 122 valence electrons. The molecule has 0 N–H and O–H groups in total. The molecule has 1 aliphatic rings. The second-order valence-electron chi connectivity index (χ2n) is 5.64. The Morgan fingerprint density at radius 2 is 2.12 bits per heavy atom. The Morgan fingerprint density at radius 1 is 1.29 bits per heavy atom. The largest absolute Gasteiger partial charge is 0.476 e. The Kier molecular flexibility index (Phi) is 3.53. The van der Waals surface area contributed by atoms with E-state index in [9.17, 15) is 4.39 Å². The van der Waals surface area contributed by atoms with Gasteiger partial charge < -0.3 is 9.64 Å². The van der Waals surface area contributed by atoms with Crippen LogP contribution in [0.2, 0.25) is 0 Å². The van der Waals surface area contributed by atoms with Crippen LogP contribution in [-0.2, 0) is 4.74 Å². The van der Waals surface area contributed by atoms with Gasteiger partial charge in [-0.25, -0.2) is 14.1 Å². The molecule has 0 fully saturated rings. The smallest absolute Gasteiger partial charge is 0.181 e. The summed E-state index contributed by atoms with van der Waals surface area (Å²) in [5.41, 5.74) is 2.75. The van der Waals surface area contributed by atoms with Gasteiger partial charge in [0.25, 0.3) is 0 Å². The number of benzene rings is 1. The maximum Gasteiger partial charge on any atom is 0.181 e. The molecule has 0 radical (unpaired) electrons. The summed E-state index contributed by atoms with van der Waals surface area (Å²) in [7, 11) is 0.